The van der Waals surface area contributed by atoms with Gasteiger partial charge in [0.25, 0.3) is 0 Å². The first-order valence-electron chi connectivity index (χ1n) is 11.5. The number of rotatable bonds is 3. The number of halogens is 1. The van der Waals surface area contributed by atoms with Crippen molar-refractivity contribution in [2.75, 3.05) is 19.6 Å². The summed E-state index contributed by atoms with van der Waals surface area (Å²) in [5, 5.41) is 0.776. The third-order valence-corrected chi connectivity index (χ3v) is 8.40. The van der Waals surface area contributed by atoms with Gasteiger partial charge in [-0.2, -0.15) is 0 Å². The van der Waals surface area contributed by atoms with Gasteiger partial charge in [-0.15, -0.1) is 0 Å². The van der Waals surface area contributed by atoms with Crippen molar-refractivity contribution in [3.05, 3.63) is 52.1 Å². The monoisotopic (exact) mass is 425 g/mol. The largest absolute Gasteiger partial charge is 0.462 e. The summed E-state index contributed by atoms with van der Waals surface area (Å²) in [6.07, 6.45) is 9.28. The maximum absolute atomic E-state index is 12.8. The van der Waals surface area contributed by atoms with Crippen LogP contribution in [-0.4, -0.2) is 36.6 Å². The molecule has 0 bridgehead atoms. The molecule has 0 aromatic heterocycles. The molecule has 0 N–H and O–H groups in total. The molecule has 160 valence electrons. The van der Waals surface area contributed by atoms with Crippen molar-refractivity contribution in [1.82, 2.24) is 4.90 Å². The molecule has 1 aromatic carbocycles. The molecule has 0 spiro atoms. The Hall–Kier alpha value is -1.58. The molecule has 2 fully saturated rings. The van der Waals surface area contributed by atoms with E-state index < -0.39 is 0 Å². The molecule has 4 aliphatic rings. The van der Waals surface area contributed by atoms with E-state index in [2.05, 4.69) is 37.0 Å². The van der Waals surface area contributed by atoms with Crippen LogP contribution in [0.25, 0.3) is 5.57 Å². The molecule has 1 aromatic rings. The lowest BCUT2D eigenvalue weighted by Crippen LogP contribution is -2.42. The molecule has 0 radical (unpaired) electrons. The van der Waals surface area contributed by atoms with Crippen molar-refractivity contribution < 1.29 is 9.53 Å². The number of nitrogens with zero attached hydrogens (tertiary/aromatic N) is 1. The predicted molar refractivity (Wildman–Crippen MR) is 121 cm³/mol. The van der Waals surface area contributed by atoms with Gasteiger partial charge in [0.05, 0.1) is 5.92 Å². The van der Waals surface area contributed by atoms with Crippen molar-refractivity contribution in [2.45, 2.75) is 58.5 Å². The lowest BCUT2D eigenvalue weighted by Gasteiger charge is -2.46. The summed E-state index contributed by atoms with van der Waals surface area (Å²) < 4.78 is 5.95. The Kier molecular flexibility index (Phi) is 5.31. The lowest BCUT2D eigenvalue weighted by molar-refractivity contribution is -0.145. The number of hydrogen-bond donors (Lipinski definition) is 0. The zero-order valence-corrected chi connectivity index (χ0v) is 18.9. The molecule has 5 rings (SSSR count). The number of esters is 1. The maximum Gasteiger partial charge on any atom is 0.310 e. The number of carbonyl (C=O) groups is 1. The summed E-state index contributed by atoms with van der Waals surface area (Å²) in [5.74, 6) is 0.417. The van der Waals surface area contributed by atoms with E-state index >= 15 is 0 Å². The SMILES string of the molecule is CC1=C2C[C@H]3[C@@H](C[C@@]2(C)CCC1)OC(=O)[C@@H]3CN1CC=C(c2ccc(Cl)cc2)CC1. The first-order chi connectivity index (χ1) is 14.4. The minimum Gasteiger partial charge on any atom is -0.462 e. The second kappa shape index (κ2) is 7.84. The number of ether oxygens (including phenoxy) is 1. The highest BCUT2D eigenvalue weighted by molar-refractivity contribution is 6.30. The third kappa shape index (κ3) is 3.65. The van der Waals surface area contributed by atoms with Crippen LogP contribution in [0, 0.1) is 17.3 Å². The Morgan fingerprint density at radius 3 is 2.77 bits per heavy atom. The first kappa shape index (κ1) is 20.3. The number of benzene rings is 1. The Labute approximate surface area is 185 Å². The zero-order chi connectivity index (χ0) is 20.9. The van der Waals surface area contributed by atoms with Gasteiger partial charge in [-0.05, 0) is 74.1 Å². The van der Waals surface area contributed by atoms with E-state index in [0.29, 0.717) is 5.92 Å². The van der Waals surface area contributed by atoms with Crippen molar-refractivity contribution in [3.8, 4) is 0 Å². The highest BCUT2D eigenvalue weighted by Gasteiger charge is 2.53. The molecule has 1 saturated heterocycles. The molecular weight excluding hydrogens is 394 g/mol. The molecule has 30 heavy (non-hydrogen) atoms. The summed E-state index contributed by atoms with van der Waals surface area (Å²) >= 11 is 6.02. The average Bonchev–Trinajstić information content (AvgIpc) is 3.01. The van der Waals surface area contributed by atoms with Crippen LogP contribution in [0.4, 0.5) is 0 Å². The average molecular weight is 426 g/mol. The lowest BCUT2D eigenvalue weighted by atomic mass is 9.59. The van der Waals surface area contributed by atoms with Gasteiger partial charge in [-0.1, -0.05) is 47.9 Å². The molecule has 3 nitrogen and oxygen atoms in total. The minimum absolute atomic E-state index is 0.0206. The van der Waals surface area contributed by atoms with E-state index in [4.69, 9.17) is 16.3 Å². The Morgan fingerprint density at radius 1 is 1.23 bits per heavy atom. The van der Waals surface area contributed by atoms with Crippen molar-refractivity contribution in [1.29, 1.82) is 0 Å². The van der Waals surface area contributed by atoms with Gasteiger partial charge in [0.2, 0.25) is 0 Å². The molecule has 0 amide bonds. The topological polar surface area (TPSA) is 29.5 Å². The van der Waals surface area contributed by atoms with Gasteiger partial charge < -0.3 is 4.74 Å². The number of carbonyl (C=O) groups excluding carboxylic acids is 1. The number of allylic oxidation sites excluding steroid dienone is 2. The van der Waals surface area contributed by atoms with Crippen LogP contribution in [0.2, 0.25) is 5.02 Å². The smallest absolute Gasteiger partial charge is 0.310 e. The molecule has 2 aliphatic carbocycles. The van der Waals surface area contributed by atoms with Crippen LogP contribution in [0.3, 0.4) is 0 Å². The van der Waals surface area contributed by atoms with Crippen LogP contribution in [-0.2, 0) is 9.53 Å². The van der Waals surface area contributed by atoms with E-state index in [9.17, 15) is 4.79 Å². The number of fused-ring (bicyclic) bond motifs is 2. The second-order valence-corrected chi connectivity index (χ2v) is 10.5. The highest BCUT2D eigenvalue weighted by Crippen LogP contribution is 2.55. The summed E-state index contributed by atoms with van der Waals surface area (Å²) in [7, 11) is 0. The summed E-state index contributed by atoms with van der Waals surface area (Å²) in [6.45, 7) is 7.44. The molecular formula is C26H32ClNO2. The fraction of sp³-hybridized carbons (Fsp3) is 0.577. The quantitative estimate of drug-likeness (QED) is 0.446. The maximum atomic E-state index is 12.8. The van der Waals surface area contributed by atoms with Crippen LogP contribution >= 0.6 is 11.6 Å². The van der Waals surface area contributed by atoms with Gasteiger partial charge in [0.1, 0.15) is 6.10 Å². The predicted octanol–water partition coefficient (Wildman–Crippen LogP) is 5.89. The molecule has 2 heterocycles. The first-order valence-corrected chi connectivity index (χ1v) is 11.9. The van der Waals surface area contributed by atoms with Crippen LogP contribution in [0.5, 0.6) is 0 Å². The molecule has 4 atom stereocenters. The highest BCUT2D eigenvalue weighted by atomic mass is 35.5. The van der Waals surface area contributed by atoms with Crippen molar-refractivity contribution >= 4 is 23.1 Å². The van der Waals surface area contributed by atoms with Crippen molar-refractivity contribution in [3.63, 3.8) is 0 Å². The summed E-state index contributed by atoms with van der Waals surface area (Å²) in [6, 6.07) is 8.11. The fourth-order valence-electron chi connectivity index (χ4n) is 6.40. The van der Waals surface area contributed by atoms with Crippen molar-refractivity contribution in [2.24, 2.45) is 17.3 Å². The van der Waals surface area contributed by atoms with E-state index in [1.54, 1.807) is 11.1 Å². The Morgan fingerprint density at radius 2 is 2.03 bits per heavy atom. The van der Waals surface area contributed by atoms with Crippen LogP contribution in [0.1, 0.15) is 57.9 Å². The second-order valence-electron chi connectivity index (χ2n) is 10.1. The molecule has 4 heteroatoms. The normalized spacial score (nSPS) is 34.3. The van der Waals surface area contributed by atoms with E-state index in [1.807, 2.05) is 12.1 Å². The fourth-order valence-corrected chi connectivity index (χ4v) is 6.53. The minimum atomic E-state index is 0.0206. The van der Waals surface area contributed by atoms with Gasteiger partial charge in [-0.3, -0.25) is 9.69 Å². The van der Waals surface area contributed by atoms with E-state index in [1.165, 1.54) is 30.4 Å². The van der Waals surface area contributed by atoms with Gasteiger partial charge in [-0.25, -0.2) is 0 Å². The molecule has 1 saturated carbocycles. The zero-order valence-electron chi connectivity index (χ0n) is 18.1. The van der Waals surface area contributed by atoms with Gasteiger partial charge >= 0.3 is 5.97 Å². The van der Waals surface area contributed by atoms with E-state index in [-0.39, 0.29) is 23.4 Å². The van der Waals surface area contributed by atoms with Gasteiger partial charge in [0, 0.05) is 30.6 Å². The van der Waals surface area contributed by atoms with Crippen LogP contribution in [0.15, 0.2) is 41.5 Å². The molecule has 2 aliphatic heterocycles. The summed E-state index contributed by atoms with van der Waals surface area (Å²) in [5.41, 5.74) is 6.10. The van der Waals surface area contributed by atoms with Crippen LogP contribution < -0.4 is 0 Å². The Balaban J connectivity index is 1.28. The molecule has 0 unspecified atom stereocenters. The summed E-state index contributed by atoms with van der Waals surface area (Å²) in [4.78, 5) is 15.3. The third-order valence-electron chi connectivity index (χ3n) is 8.14. The Bertz CT molecular complexity index is 902. The van der Waals surface area contributed by atoms with E-state index in [0.717, 1.165) is 43.9 Å². The number of hydrogen-bond acceptors (Lipinski definition) is 3. The standard InChI is InChI=1S/C26H32ClNO2/c1-17-4-3-11-26(2)15-24-21(14-23(17)26)22(25(29)30-24)16-28-12-9-19(10-13-28)18-5-7-20(27)8-6-18/h5-9,21-22,24H,3-4,10-16H2,1-2H3/t21-,22-,24-,26-/m1/s1. The van der Waals surface area contributed by atoms with Gasteiger partial charge in [0.15, 0.2) is 0 Å².